The number of rotatable bonds is 8. The van der Waals surface area contributed by atoms with Gasteiger partial charge in [-0.1, -0.05) is 36.4 Å². The SMILES string of the molecule is Cc1ncnc(C)c1C(=O)N1CC2CN(CCC3(c4ccccc4)CCN(C(=O)c4cccc(S(=O)(=O)N(C)C)c4)CC3)CC2C1. The minimum Gasteiger partial charge on any atom is -0.339 e. The molecule has 0 saturated carbocycles. The zero-order chi connectivity index (χ0) is 32.6. The monoisotopic (exact) mass is 644 g/mol. The van der Waals surface area contributed by atoms with Crippen molar-refractivity contribution < 1.29 is 18.0 Å². The molecule has 11 heteroatoms. The van der Waals surface area contributed by atoms with Gasteiger partial charge in [0.15, 0.2) is 0 Å². The van der Waals surface area contributed by atoms with Crippen molar-refractivity contribution in [2.75, 3.05) is 59.9 Å². The molecular formula is C35H44N6O4S. The maximum absolute atomic E-state index is 13.6. The topological polar surface area (TPSA) is 107 Å². The van der Waals surface area contributed by atoms with E-state index >= 15 is 0 Å². The minimum atomic E-state index is -3.63. The molecule has 0 aliphatic carbocycles. The Kier molecular flexibility index (Phi) is 9.02. The van der Waals surface area contributed by atoms with Crippen LogP contribution in [0.3, 0.4) is 0 Å². The molecule has 3 aliphatic heterocycles. The van der Waals surface area contributed by atoms with Gasteiger partial charge in [0.1, 0.15) is 6.33 Å². The highest BCUT2D eigenvalue weighted by atomic mass is 32.2. The number of aromatic nitrogens is 2. The molecule has 2 atom stereocenters. The summed E-state index contributed by atoms with van der Waals surface area (Å²) in [7, 11) is -0.647. The highest BCUT2D eigenvalue weighted by Gasteiger charge is 2.44. The fraction of sp³-hybridized carbons (Fsp3) is 0.486. The highest BCUT2D eigenvalue weighted by molar-refractivity contribution is 7.89. The van der Waals surface area contributed by atoms with Crippen LogP contribution in [0.1, 0.15) is 56.9 Å². The summed E-state index contributed by atoms with van der Waals surface area (Å²) >= 11 is 0. The average Bonchev–Trinajstić information content (AvgIpc) is 3.63. The lowest BCUT2D eigenvalue weighted by molar-refractivity contribution is 0.0649. The van der Waals surface area contributed by atoms with Crippen molar-refractivity contribution in [3.05, 3.63) is 89.0 Å². The zero-order valence-electron chi connectivity index (χ0n) is 27.2. The number of sulfonamides is 1. The second-order valence-electron chi connectivity index (χ2n) is 13.4. The lowest BCUT2D eigenvalue weighted by Gasteiger charge is -2.43. The van der Waals surface area contributed by atoms with Gasteiger partial charge in [-0.15, -0.1) is 0 Å². The number of carbonyl (C=O) groups excluding carboxylic acids is 2. The van der Waals surface area contributed by atoms with Crippen LogP contribution in [0.5, 0.6) is 0 Å². The number of hydrogen-bond acceptors (Lipinski definition) is 7. The van der Waals surface area contributed by atoms with Crippen LogP contribution in [0.15, 0.2) is 65.8 Å². The Hall–Kier alpha value is -3.67. The zero-order valence-corrected chi connectivity index (χ0v) is 28.0. The number of nitrogens with zero attached hydrogens (tertiary/aromatic N) is 6. The van der Waals surface area contributed by atoms with Crippen molar-refractivity contribution in [3.8, 4) is 0 Å². The molecule has 0 bridgehead atoms. The fourth-order valence-corrected chi connectivity index (χ4v) is 8.62. The van der Waals surface area contributed by atoms with E-state index < -0.39 is 10.0 Å². The molecular weight excluding hydrogens is 600 g/mol. The van der Waals surface area contributed by atoms with Crippen molar-refractivity contribution in [1.29, 1.82) is 0 Å². The lowest BCUT2D eigenvalue weighted by Crippen LogP contribution is -2.46. The van der Waals surface area contributed by atoms with E-state index in [1.165, 1.54) is 38.1 Å². The summed E-state index contributed by atoms with van der Waals surface area (Å²) < 4.78 is 26.5. The van der Waals surface area contributed by atoms with Crippen molar-refractivity contribution in [1.82, 2.24) is 29.0 Å². The van der Waals surface area contributed by atoms with Crippen LogP contribution in [0.4, 0.5) is 0 Å². The first-order valence-corrected chi connectivity index (χ1v) is 17.6. The number of likely N-dealkylation sites (tertiary alicyclic amines) is 3. The molecule has 6 rings (SSSR count). The number of amides is 2. The van der Waals surface area contributed by atoms with Gasteiger partial charge < -0.3 is 14.7 Å². The van der Waals surface area contributed by atoms with Crippen molar-refractivity contribution >= 4 is 21.8 Å². The van der Waals surface area contributed by atoms with Crippen LogP contribution in [0, 0.1) is 25.7 Å². The normalized spacial score (nSPS) is 21.5. The first-order chi connectivity index (χ1) is 22.0. The Morgan fingerprint density at radius 1 is 0.848 bits per heavy atom. The molecule has 0 N–H and O–H groups in total. The molecule has 10 nitrogen and oxygen atoms in total. The molecule has 2 unspecified atom stereocenters. The summed E-state index contributed by atoms with van der Waals surface area (Å²) in [5.74, 6) is 0.852. The van der Waals surface area contributed by atoms with Gasteiger partial charge in [-0.2, -0.15) is 0 Å². The third-order valence-corrected chi connectivity index (χ3v) is 12.3. The van der Waals surface area contributed by atoms with Crippen LogP contribution in [-0.2, 0) is 15.4 Å². The van der Waals surface area contributed by atoms with Crippen LogP contribution in [0.25, 0.3) is 0 Å². The largest absolute Gasteiger partial charge is 0.339 e. The number of piperidine rings is 1. The molecule has 4 heterocycles. The maximum atomic E-state index is 13.6. The van der Waals surface area contributed by atoms with Crippen LogP contribution in [-0.4, -0.2) is 109 Å². The third kappa shape index (κ3) is 6.20. The second kappa shape index (κ2) is 12.8. The second-order valence-corrected chi connectivity index (χ2v) is 15.6. The average molecular weight is 645 g/mol. The quantitative estimate of drug-likeness (QED) is 0.369. The molecule has 244 valence electrons. The molecule has 3 saturated heterocycles. The van der Waals surface area contributed by atoms with Gasteiger partial charge in [0, 0.05) is 58.9 Å². The van der Waals surface area contributed by atoms with Gasteiger partial charge in [-0.05, 0) is 80.7 Å². The van der Waals surface area contributed by atoms with Gasteiger partial charge in [0.2, 0.25) is 10.0 Å². The molecule has 3 aromatic rings. The predicted octanol–water partition coefficient (Wildman–Crippen LogP) is 3.61. The van der Waals surface area contributed by atoms with E-state index in [4.69, 9.17) is 0 Å². The van der Waals surface area contributed by atoms with Gasteiger partial charge in [-0.25, -0.2) is 22.7 Å². The molecule has 3 aliphatic rings. The van der Waals surface area contributed by atoms with Crippen LogP contribution >= 0.6 is 0 Å². The summed E-state index contributed by atoms with van der Waals surface area (Å²) in [6.07, 6.45) is 4.21. The standard InChI is InChI=1S/C35H44N6O4S/c1-25-32(26(2)37-24-36-25)34(43)41-22-28-20-39(21-29(28)23-41)16-13-35(30-10-6-5-7-11-30)14-17-40(18-15-35)33(42)27-9-8-12-31(19-27)46(44,45)38(3)4/h5-12,19,24,28-29H,13-18,20-23H2,1-4H3. The maximum Gasteiger partial charge on any atom is 0.257 e. The summed E-state index contributed by atoms with van der Waals surface area (Å²) in [6.45, 7) is 9.46. The Balaban J connectivity index is 1.09. The van der Waals surface area contributed by atoms with Crippen LogP contribution < -0.4 is 0 Å². The number of fused-ring (bicyclic) bond motifs is 1. The molecule has 1 aromatic heterocycles. The fourth-order valence-electron chi connectivity index (χ4n) is 7.67. The van der Waals surface area contributed by atoms with Gasteiger partial charge >= 0.3 is 0 Å². The highest BCUT2D eigenvalue weighted by Crippen LogP contribution is 2.40. The molecule has 2 aromatic carbocycles. The van der Waals surface area contributed by atoms with E-state index in [-0.39, 0.29) is 22.1 Å². The number of carbonyl (C=O) groups is 2. The molecule has 0 spiro atoms. The summed E-state index contributed by atoms with van der Waals surface area (Å²) in [6, 6.07) is 17.0. The van der Waals surface area contributed by atoms with E-state index in [1.807, 2.05) is 29.7 Å². The van der Waals surface area contributed by atoms with E-state index in [9.17, 15) is 18.0 Å². The Morgan fingerprint density at radius 2 is 1.48 bits per heavy atom. The Bertz CT molecular complexity index is 1670. The van der Waals surface area contributed by atoms with E-state index in [0.717, 1.165) is 67.7 Å². The van der Waals surface area contributed by atoms with Crippen molar-refractivity contribution in [2.45, 2.75) is 43.4 Å². The first kappa shape index (κ1) is 32.3. The van der Waals surface area contributed by atoms with Crippen molar-refractivity contribution in [3.63, 3.8) is 0 Å². The van der Waals surface area contributed by atoms with Gasteiger partial charge in [-0.3, -0.25) is 9.59 Å². The van der Waals surface area contributed by atoms with E-state index in [0.29, 0.717) is 36.1 Å². The predicted molar refractivity (Wildman–Crippen MR) is 176 cm³/mol. The van der Waals surface area contributed by atoms with Gasteiger partial charge in [0.25, 0.3) is 11.8 Å². The summed E-state index contributed by atoms with van der Waals surface area (Å²) in [4.78, 5) is 42.0. The number of benzene rings is 2. The van der Waals surface area contributed by atoms with Gasteiger partial charge in [0.05, 0.1) is 21.8 Å². The molecule has 2 amide bonds. The number of hydrogen-bond donors (Lipinski definition) is 0. The molecule has 46 heavy (non-hydrogen) atoms. The molecule has 3 fully saturated rings. The van der Waals surface area contributed by atoms with Crippen LogP contribution in [0.2, 0.25) is 0 Å². The van der Waals surface area contributed by atoms with E-state index in [2.05, 4.69) is 39.1 Å². The third-order valence-electron chi connectivity index (χ3n) is 10.4. The number of aryl methyl sites for hydroxylation is 2. The smallest absolute Gasteiger partial charge is 0.257 e. The summed E-state index contributed by atoms with van der Waals surface area (Å²) in [5, 5.41) is 0. The minimum absolute atomic E-state index is 0.0454. The van der Waals surface area contributed by atoms with E-state index in [1.54, 1.807) is 12.1 Å². The lowest BCUT2D eigenvalue weighted by atomic mass is 9.70. The Labute approximate surface area is 272 Å². The van der Waals surface area contributed by atoms with Crippen molar-refractivity contribution in [2.24, 2.45) is 11.8 Å². The Morgan fingerprint density at radius 3 is 2.09 bits per heavy atom. The molecule has 0 radical (unpaired) electrons. The summed E-state index contributed by atoms with van der Waals surface area (Å²) in [5.41, 5.74) is 3.78. The first-order valence-electron chi connectivity index (χ1n) is 16.2.